The third-order valence-corrected chi connectivity index (χ3v) is 3.46. The molecule has 0 atom stereocenters. The molecule has 0 bridgehead atoms. The van der Waals surface area contributed by atoms with Crippen LogP contribution in [0.25, 0.3) is 0 Å². The molecule has 5 nitrogen and oxygen atoms in total. The lowest BCUT2D eigenvalue weighted by atomic mass is 10.3. The molecule has 0 heterocycles. The minimum atomic E-state index is -4.16. The van der Waals surface area contributed by atoms with Gasteiger partial charge in [0.15, 0.2) is 5.96 Å². The van der Waals surface area contributed by atoms with Gasteiger partial charge in [0.1, 0.15) is 12.4 Å². The summed E-state index contributed by atoms with van der Waals surface area (Å²) in [5.41, 5.74) is 0. The summed E-state index contributed by atoms with van der Waals surface area (Å²) in [6.45, 7) is 1.18. The smallest absolute Gasteiger partial charge is 0.401 e. The van der Waals surface area contributed by atoms with Crippen molar-refractivity contribution in [3.63, 3.8) is 0 Å². The van der Waals surface area contributed by atoms with E-state index in [0.717, 1.165) is 5.75 Å². The maximum Gasteiger partial charge on any atom is 0.401 e. The molecule has 0 aliphatic rings. The summed E-state index contributed by atoms with van der Waals surface area (Å²) in [6, 6.07) is 9.54. The van der Waals surface area contributed by atoms with E-state index in [0.29, 0.717) is 38.6 Å². The van der Waals surface area contributed by atoms with E-state index in [1.807, 2.05) is 42.3 Å². The first kappa shape index (κ1) is 21.1. The largest absolute Gasteiger partial charge is 0.492 e. The normalized spacial score (nSPS) is 12.4. The fourth-order valence-corrected chi connectivity index (χ4v) is 2.24. The van der Waals surface area contributed by atoms with Crippen molar-refractivity contribution < 1.29 is 17.9 Å². The number of halogens is 3. The fraction of sp³-hybridized carbons (Fsp3) is 0.588. The molecule has 1 aromatic carbocycles. The zero-order chi connectivity index (χ0) is 18.7. The van der Waals surface area contributed by atoms with Gasteiger partial charge in [-0.25, -0.2) is 0 Å². The first-order valence-corrected chi connectivity index (χ1v) is 8.17. The molecular formula is C17H27F3N4O. The highest BCUT2D eigenvalue weighted by Crippen LogP contribution is 2.15. The van der Waals surface area contributed by atoms with Crippen LogP contribution in [-0.4, -0.2) is 75.9 Å². The quantitative estimate of drug-likeness (QED) is 0.417. The lowest BCUT2D eigenvalue weighted by Crippen LogP contribution is -2.42. The summed E-state index contributed by atoms with van der Waals surface area (Å²) >= 11 is 0. The molecule has 0 spiro atoms. The maximum absolute atomic E-state index is 12.2. The second kappa shape index (κ2) is 10.8. The molecule has 0 fully saturated rings. The number of hydrogen-bond acceptors (Lipinski definition) is 3. The van der Waals surface area contributed by atoms with Gasteiger partial charge in [-0.05, 0) is 32.1 Å². The second-order valence-electron chi connectivity index (χ2n) is 5.76. The molecule has 0 saturated heterocycles. The third-order valence-electron chi connectivity index (χ3n) is 3.46. The van der Waals surface area contributed by atoms with Gasteiger partial charge in [0.25, 0.3) is 0 Å². The Bertz CT molecular complexity index is 508. The van der Waals surface area contributed by atoms with Crippen LogP contribution in [0.1, 0.15) is 6.42 Å². The van der Waals surface area contributed by atoms with E-state index in [2.05, 4.69) is 10.3 Å². The molecule has 1 rings (SSSR count). The topological polar surface area (TPSA) is 40.1 Å². The Morgan fingerprint density at radius 2 is 1.84 bits per heavy atom. The molecule has 0 saturated carbocycles. The molecule has 0 amide bonds. The first-order valence-electron chi connectivity index (χ1n) is 8.17. The molecule has 8 heteroatoms. The molecule has 0 aromatic heterocycles. The Balaban J connectivity index is 2.22. The van der Waals surface area contributed by atoms with E-state index in [4.69, 9.17) is 4.74 Å². The standard InChI is InChI=1S/C17H27F3N4O/c1-21-16(22-10-7-11-23(2)14-17(18,19)20)24(3)12-13-25-15-8-5-4-6-9-15/h4-6,8-9H,7,10-14H2,1-3H3,(H,21,22). The van der Waals surface area contributed by atoms with Crippen LogP contribution in [0.3, 0.4) is 0 Å². The summed E-state index contributed by atoms with van der Waals surface area (Å²) in [5.74, 6) is 1.50. The van der Waals surface area contributed by atoms with E-state index in [1.165, 1.54) is 11.9 Å². The van der Waals surface area contributed by atoms with E-state index < -0.39 is 12.7 Å². The minimum Gasteiger partial charge on any atom is -0.492 e. The van der Waals surface area contributed by atoms with Gasteiger partial charge >= 0.3 is 6.18 Å². The van der Waals surface area contributed by atoms with Crippen molar-refractivity contribution in [3.05, 3.63) is 30.3 Å². The van der Waals surface area contributed by atoms with Crippen LogP contribution < -0.4 is 10.1 Å². The number of guanidine groups is 1. The highest BCUT2D eigenvalue weighted by Gasteiger charge is 2.28. The molecule has 0 aliphatic carbocycles. The SMILES string of the molecule is CN=C(NCCCN(C)CC(F)(F)F)N(C)CCOc1ccccc1. The van der Waals surface area contributed by atoms with Gasteiger partial charge in [0, 0.05) is 20.6 Å². The summed E-state index contributed by atoms with van der Waals surface area (Å²) in [5, 5.41) is 3.15. The fourth-order valence-electron chi connectivity index (χ4n) is 2.24. The highest BCUT2D eigenvalue weighted by atomic mass is 19.4. The van der Waals surface area contributed by atoms with Crippen LogP contribution in [-0.2, 0) is 0 Å². The van der Waals surface area contributed by atoms with E-state index in [-0.39, 0.29) is 0 Å². The van der Waals surface area contributed by atoms with E-state index >= 15 is 0 Å². The molecular weight excluding hydrogens is 333 g/mol. The number of ether oxygens (including phenoxy) is 1. The Labute approximate surface area is 147 Å². The van der Waals surface area contributed by atoms with E-state index in [9.17, 15) is 13.2 Å². The summed E-state index contributed by atoms with van der Waals surface area (Å²) in [4.78, 5) is 7.36. The maximum atomic E-state index is 12.2. The van der Waals surface area contributed by atoms with Crippen LogP contribution in [0.2, 0.25) is 0 Å². The van der Waals surface area contributed by atoms with Crippen molar-refractivity contribution in [2.75, 3.05) is 53.9 Å². The van der Waals surface area contributed by atoms with Crippen molar-refractivity contribution >= 4 is 5.96 Å². The van der Waals surface area contributed by atoms with Crippen molar-refractivity contribution in [1.29, 1.82) is 0 Å². The molecule has 0 aliphatic heterocycles. The lowest BCUT2D eigenvalue weighted by Gasteiger charge is -2.23. The van der Waals surface area contributed by atoms with E-state index in [1.54, 1.807) is 7.05 Å². The molecule has 1 N–H and O–H groups in total. The Morgan fingerprint density at radius 3 is 2.44 bits per heavy atom. The summed E-state index contributed by atoms with van der Waals surface area (Å²) in [6.07, 6.45) is -3.56. The zero-order valence-electron chi connectivity index (χ0n) is 15.0. The van der Waals surface area contributed by atoms with Crippen LogP contribution >= 0.6 is 0 Å². The van der Waals surface area contributed by atoms with Crippen molar-refractivity contribution in [2.45, 2.75) is 12.6 Å². The monoisotopic (exact) mass is 360 g/mol. The minimum absolute atomic E-state index is 0.365. The molecule has 1 aromatic rings. The van der Waals surface area contributed by atoms with Gasteiger partial charge in [0.2, 0.25) is 0 Å². The van der Waals surface area contributed by atoms with Crippen molar-refractivity contribution in [3.8, 4) is 5.75 Å². The number of para-hydroxylation sites is 1. The number of likely N-dealkylation sites (N-methyl/N-ethyl adjacent to an activating group) is 1. The van der Waals surface area contributed by atoms with Gasteiger partial charge in [-0.15, -0.1) is 0 Å². The molecule has 0 radical (unpaired) electrons. The highest BCUT2D eigenvalue weighted by molar-refractivity contribution is 5.79. The molecule has 0 unspecified atom stereocenters. The number of aliphatic imine (C=N–C) groups is 1. The van der Waals surface area contributed by atoms with Gasteiger partial charge in [-0.3, -0.25) is 9.89 Å². The number of nitrogens with one attached hydrogen (secondary N) is 1. The number of benzene rings is 1. The van der Waals surface area contributed by atoms with Crippen molar-refractivity contribution in [2.24, 2.45) is 4.99 Å². The summed E-state index contributed by atoms with van der Waals surface area (Å²) < 4.78 is 42.4. The molecule has 142 valence electrons. The number of alkyl halides is 3. The van der Waals surface area contributed by atoms with Gasteiger partial charge < -0.3 is 15.0 Å². The first-order chi connectivity index (χ1) is 11.8. The van der Waals surface area contributed by atoms with Crippen LogP contribution in [0.15, 0.2) is 35.3 Å². The second-order valence-corrected chi connectivity index (χ2v) is 5.76. The zero-order valence-corrected chi connectivity index (χ0v) is 15.0. The number of hydrogen-bond donors (Lipinski definition) is 1. The van der Waals surface area contributed by atoms with Gasteiger partial charge in [0.05, 0.1) is 13.1 Å². The van der Waals surface area contributed by atoms with Gasteiger partial charge in [-0.2, -0.15) is 13.2 Å². The predicted octanol–water partition coefficient (Wildman–Crippen LogP) is 2.46. The Hall–Kier alpha value is -1.96. The average Bonchev–Trinajstić information content (AvgIpc) is 2.54. The number of nitrogens with zero attached hydrogens (tertiary/aromatic N) is 3. The third kappa shape index (κ3) is 9.81. The molecule has 25 heavy (non-hydrogen) atoms. The average molecular weight is 360 g/mol. The Morgan fingerprint density at radius 1 is 1.16 bits per heavy atom. The van der Waals surface area contributed by atoms with Crippen LogP contribution in [0.5, 0.6) is 5.75 Å². The Kier molecular flexibility index (Phi) is 9.12. The predicted molar refractivity (Wildman–Crippen MR) is 94.1 cm³/mol. The van der Waals surface area contributed by atoms with Crippen LogP contribution in [0, 0.1) is 0 Å². The van der Waals surface area contributed by atoms with Crippen LogP contribution in [0.4, 0.5) is 13.2 Å². The lowest BCUT2D eigenvalue weighted by molar-refractivity contribution is -0.143. The van der Waals surface area contributed by atoms with Crippen molar-refractivity contribution in [1.82, 2.24) is 15.1 Å². The number of rotatable bonds is 9. The van der Waals surface area contributed by atoms with Gasteiger partial charge in [-0.1, -0.05) is 18.2 Å². The summed E-state index contributed by atoms with van der Waals surface area (Å²) in [7, 11) is 5.03.